The van der Waals surface area contributed by atoms with E-state index in [1.807, 2.05) is 24.3 Å². The van der Waals surface area contributed by atoms with E-state index >= 15 is 0 Å². The minimum atomic E-state index is -0.282. The van der Waals surface area contributed by atoms with Crippen molar-refractivity contribution in [2.45, 2.75) is 57.5 Å². The van der Waals surface area contributed by atoms with Crippen LogP contribution < -0.4 is 4.74 Å². The molecule has 1 unspecified atom stereocenters. The smallest absolute Gasteiger partial charge is 0.257 e. The first-order valence-corrected chi connectivity index (χ1v) is 11.6. The fourth-order valence-electron chi connectivity index (χ4n) is 4.83. The van der Waals surface area contributed by atoms with Crippen molar-refractivity contribution >= 4 is 11.6 Å². The summed E-state index contributed by atoms with van der Waals surface area (Å²) in [7, 11) is 1.64. The molecule has 1 amide bonds. The maximum absolute atomic E-state index is 13.5. The standard InChI is InChI=1S/C26H32FN3O2/c1-3-29(22-7-5-4-6-8-22)18-26(31)30-25(20-9-13-21(27)14-10-20)17-24(28-30)19-11-15-23(32-2)16-12-19/h9-16,22,25H,3-8,17-18H2,1-2H3. The van der Waals surface area contributed by atoms with E-state index in [1.165, 1.54) is 31.4 Å². The Labute approximate surface area is 189 Å². The zero-order valence-corrected chi connectivity index (χ0v) is 19.0. The van der Waals surface area contributed by atoms with E-state index in [0.717, 1.165) is 42.0 Å². The molecule has 1 saturated carbocycles. The number of likely N-dealkylation sites (N-methyl/N-ethyl adjacent to an activating group) is 1. The summed E-state index contributed by atoms with van der Waals surface area (Å²) in [5.74, 6) is 0.493. The van der Waals surface area contributed by atoms with E-state index < -0.39 is 0 Å². The Morgan fingerprint density at radius 1 is 1.09 bits per heavy atom. The molecule has 0 radical (unpaired) electrons. The first-order valence-electron chi connectivity index (χ1n) is 11.6. The fourth-order valence-corrected chi connectivity index (χ4v) is 4.83. The van der Waals surface area contributed by atoms with Crippen LogP contribution in [0.3, 0.4) is 0 Å². The molecule has 1 fully saturated rings. The van der Waals surface area contributed by atoms with Crippen molar-refractivity contribution in [3.8, 4) is 5.75 Å². The molecule has 0 spiro atoms. The summed E-state index contributed by atoms with van der Waals surface area (Å²) in [4.78, 5) is 15.8. The van der Waals surface area contributed by atoms with Gasteiger partial charge in [-0.05, 0) is 66.9 Å². The second kappa shape index (κ2) is 10.3. The monoisotopic (exact) mass is 437 g/mol. The normalized spacial score (nSPS) is 19.3. The third kappa shape index (κ3) is 5.01. The van der Waals surface area contributed by atoms with Gasteiger partial charge in [-0.3, -0.25) is 9.69 Å². The van der Waals surface area contributed by atoms with Crippen LogP contribution in [0.15, 0.2) is 53.6 Å². The van der Waals surface area contributed by atoms with Gasteiger partial charge in [-0.2, -0.15) is 5.10 Å². The van der Waals surface area contributed by atoms with Gasteiger partial charge in [0, 0.05) is 12.5 Å². The molecule has 0 N–H and O–H groups in total. The second-order valence-electron chi connectivity index (χ2n) is 8.64. The molecule has 2 aliphatic rings. The third-order valence-corrected chi connectivity index (χ3v) is 6.68. The second-order valence-corrected chi connectivity index (χ2v) is 8.64. The Kier molecular flexibility index (Phi) is 7.20. The van der Waals surface area contributed by atoms with Gasteiger partial charge in [-0.1, -0.05) is 38.3 Å². The minimum absolute atomic E-state index is 0.00439. The maximum atomic E-state index is 13.5. The van der Waals surface area contributed by atoms with Gasteiger partial charge in [0.2, 0.25) is 0 Å². The number of benzene rings is 2. The van der Waals surface area contributed by atoms with Crippen molar-refractivity contribution < 1.29 is 13.9 Å². The van der Waals surface area contributed by atoms with E-state index in [0.29, 0.717) is 19.0 Å². The van der Waals surface area contributed by atoms with Crippen LogP contribution >= 0.6 is 0 Å². The molecule has 1 atom stereocenters. The number of amides is 1. The molecule has 1 aliphatic heterocycles. The number of hydrogen-bond acceptors (Lipinski definition) is 4. The average Bonchev–Trinajstić information content (AvgIpc) is 3.29. The molecule has 32 heavy (non-hydrogen) atoms. The lowest BCUT2D eigenvalue weighted by molar-refractivity contribution is -0.135. The first-order chi connectivity index (χ1) is 15.6. The molecule has 1 heterocycles. The lowest BCUT2D eigenvalue weighted by Gasteiger charge is -2.34. The first kappa shape index (κ1) is 22.5. The van der Waals surface area contributed by atoms with Crippen LogP contribution in [0.2, 0.25) is 0 Å². The van der Waals surface area contributed by atoms with Gasteiger partial charge in [-0.15, -0.1) is 0 Å². The van der Waals surface area contributed by atoms with Crippen molar-refractivity contribution in [2.24, 2.45) is 5.10 Å². The molecule has 5 nitrogen and oxygen atoms in total. The van der Waals surface area contributed by atoms with E-state index in [2.05, 4.69) is 11.8 Å². The van der Waals surface area contributed by atoms with Gasteiger partial charge in [0.25, 0.3) is 5.91 Å². The number of hydrazone groups is 1. The van der Waals surface area contributed by atoms with Crippen molar-refractivity contribution in [1.29, 1.82) is 0 Å². The zero-order valence-electron chi connectivity index (χ0n) is 19.0. The highest BCUT2D eigenvalue weighted by Gasteiger charge is 2.34. The summed E-state index contributed by atoms with van der Waals surface area (Å²) >= 11 is 0. The molecular formula is C26H32FN3O2. The molecular weight excluding hydrogens is 405 g/mol. The van der Waals surface area contributed by atoms with Crippen LogP contribution in [-0.2, 0) is 4.79 Å². The molecule has 0 bridgehead atoms. The summed E-state index contributed by atoms with van der Waals surface area (Å²) in [6, 6.07) is 14.4. The Bertz CT molecular complexity index is 937. The predicted molar refractivity (Wildman–Crippen MR) is 124 cm³/mol. The molecule has 1 aliphatic carbocycles. The van der Waals surface area contributed by atoms with E-state index in [4.69, 9.17) is 9.84 Å². The maximum Gasteiger partial charge on any atom is 0.257 e. The number of halogens is 1. The quantitative estimate of drug-likeness (QED) is 0.601. The van der Waals surface area contributed by atoms with E-state index in [-0.39, 0.29) is 17.8 Å². The van der Waals surface area contributed by atoms with Gasteiger partial charge in [-0.25, -0.2) is 9.40 Å². The van der Waals surface area contributed by atoms with Crippen molar-refractivity contribution in [1.82, 2.24) is 9.91 Å². The SMILES string of the molecule is CCN(CC(=O)N1N=C(c2ccc(OC)cc2)CC1c1ccc(F)cc1)C1CCCCC1. The lowest BCUT2D eigenvalue weighted by atomic mass is 9.94. The Morgan fingerprint density at radius 2 is 1.78 bits per heavy atom. The number of rotatable bonds is 7. The Balaban J connectivity index is 1.58. The van der Waals surface area contributed by atoms with Gasteiger partial charge in [0.15, 0.2) is 0 Å². The molecule has 0 aromatic heterocycles. The average molecular weight is 438 g/mol. The van der Waals surface area contributed by atoms with Crippen LogP contribution in [0.25, 0.3) is 0 Å². The molecule has 4 rings (SSSR count). The van der Waals surface area contributed by atoms with Crippen LogP contribution in [0.4, 0.5) is 4.39 Å². The highest BCUT2D eigenvalue weighted by atomic mass is 19.1. The largest absolute Gasteiger partial charge is 0.497 e. The summed E-state index contributed by atoms with van der Waals surface area (Å²) in [6.07, 6.45) is 6.66. The molecule has 2 aromatic rings. The van der Waals surface area contributed by atoms with Gasteiger partial charge < -0.3 is 4.74 Å². The van der Waals surface area contributed by atoms with E-state index in [1.54, 1.807) is 24.3 Å². The highest BCUT2D eigenvalue weighted by molar-refractivity contribution is 6.03. The number of methoxy groups -OCH3 is 1. The Hall–Kier alpha value is -2.73. The van der Waals surface area contributed by atoms with Gasteiger partial charge >= 0.3 is 0 Å². The number of nitrogens with zero attached hydrogens (tertiary/aromatic N) is 3. The lowest BCUT2D eigenvalue weighted by Crippen LogP contribution is -2.44. The minimum Gasteiger partial charge on any atom is -0.497 e. The van der Waals surface area contributed by atoms with Gasteiger partial charge in [0.05, 0.1) is 25.4 Å². The molecule has 170 valence electrons. The predicted octanol–water partition coefficient (Wildman–Crippen LogP) is 5.17. The molecule has 2 aromatic carbocycles. The fraction of sp³-hybridized carbons (Fsp3) is 0.462. The van der Waals surface area contributed by atoms with E-state index in [9.17, 15) is 9.18 Å². The van der Waals surface area contributed by atoms with Crippen molar-refractivity contribution in [2.75, 3.05) is 20.2 Å². The Morgan fingerprint density at radius 3 is 2.41 bits per heavy atom. The summed E-state index contributed by atoms with van der Waals surface area (Å²) in [5.41, 5.74) is 2.72. The summed E-state index contributed by atoms with van der Waals surface area (Å²) in [5, 5.41) is 6.39. The van der Waals surface area contributed by atoms with Crippen LogP contribution in [0, 0.1) is 5.82 Å². The molecule has 6 heteroatoms. The summed E-state index contributed by atoms with van der Waals surface area (Å²) in [6.45, 7) is 3.33. The topological polar surface area (TPSA) is 45.1 Å². The zero-order chi connectivity index (χ0) is 22.5. The number of carbonyl (C=O) groups is 1. The number of carbonyl (C=O) groups excluding carboxylic acids is 1. The van der Waals surface area contributed by atoms with Gasteiger partial charge in [0.1, 0.15) is 11.6 Å². The highest BCUT2D eigenvalue weighted by Crippen LogP contribution is 2.34. The molecule has 0 saturated heterocycles. The van der Waals surface area contributed by atoms with Crippen molar-refractivity contribution in [3.05, 3.63) is 65.5 Å². The number of ether oxygens (including phenoxy) is 1. The van der Waals surface area contributed by atoms with Crippen LogP contribution in [0.1, 0.15) is 62.6 Å². The van der Waals surface area contributed by atoms with Crippen molar-refractivity contribution in [3.63, 3.8) is 0 Å². The van der Waals surface area contributed by atoms with Crippen LogP contribution in [-0.4, -0.2) is 47.8 Å². The third-order valence-electron chi connectivity index (χ3n) is 6.68. The summed E-state index contributed by atoms with van der Waals surface area (Å²) < 4.78 is 18.8. The number of hydrogen-bond donors (Lipinski definition) is 0. The van der Waals surface area contributed by atoms with Crippen LogP contribution in [0.5, 0.6) is 5.75 Å².